The molecule has 0 bridgehead atoms. The number of nitrogens with zero attached hydrogens (tertiary/aromatic N) is 1. The third-order valence-corrected chi connectivity index (χ3v) is 3.92. The second-order valence-electron chi connectivity index (χ2n) is 3.44. The molecule has 7 heteroatoms. The Balaban J connectivity index is 2.38. The van der Waals surface area contributed by atoms with Crippen molar-refractivity contribution in [3.63, 3.8) is 0 Å². The number of thiazole rings is 1. The lowest BCUT2D eigenvalue weighted by molar-refractivity contribution is 0.0958. The van der Waals surface area contributed by atoms with Crippen LogP contribution < -0.4 is 16.4 Å². The van der Waals surface area contributed by atoms with Crippen LogP contribution in [0.1, 0.15) is 22.5 Å². The molecule has 1 aromatic heterocycles. The Kier molecular flexibility index (Phi) is 6.13. The fourth-order valence-electron chi connectivity index (χ4n) is 1.26. The fraction of sp³-hybridized carbons (Fsp3) is 0.600. The van der Waals surface area contributed by atoms with Gasteiger partial charge in [-0.25, -0.2) is 4.98 Å². The van der Waals surface area contributed by atoms with Crippen molar-refractivity contribution in [1.29, 1.82) is 0 Å². The van der Waals surface area contributed by atoms with Crippen LogP contribution in [-0.4, -0.2) is 36.5 Å². The maximum Gasteiger partial charge on any atom is 0.265 e. The predicted molar refractivity (Wildman–Crippen MR) is 76.0 cm³/mol. The van der Waals surface area contributed by atoms with Gasteiger partial charge in [-0.3, -0.25) is 4.79 Å². The fourth-order valence-corrected chi connectivity index (χ4v) is 2.50. The Bertz CT molecular complexity index is 367. The summed E-state index contributed by atoms with van der Waals surface area (Å²) < 4.78 is 0. The van der Waals surface area contributed by atoms with Gasteiger partial charge < -0.3 is 16.4 Å². The molecular weight excluding hydrogens is 256 g/mol. The molecule has 4 N–H and O–H groups in total. The van der Waals surface area contributed by atoms with E-state index in [9.17, 15) is 4.79 Å². The summed E-state index contributed by atoms with van der Waals surface area (Å²) in [6.45, 7) is 0.686. The zero-order valence-electron chi connectivity index (χ0n) is 10.1. The third-order valence-electron chi connectivity index (χ3n) is 2.13. The van der Waals surface area contributed by atoms with E-state index in [1.54, 1.807) is 7.05 Å². The molecule has 0 spiro atoms. The summed E-state index contributed by atoms with van der Waals surface area (Å²) in [4.78, 5) is 16.3. The number of anilines is 2. The maximum absolute atomic E-state index is 11.8. The summed E-state index contributed by atoms with van der Waals surface area (Å²) >= 11 is 3.09. The highest BCUT2D eigenvalue weighted by molar-refractivity contribution is 7.98. The summed E-state index contributed by atoms with van der Waals surface area (Å²) in [7, 11) is 1.75. The molecule has 0 aromatic carbocycles. The summed E-state index contributed by atoms with van der Waals surface area (Å²) in [6.07, 6.45) is 4.18. The number of amides is 1. The molecule has 0 aliphatic carbocycles. The number of carbonyl (C=O) groups excluding carboxylic acids is 1. The van der Waals surface area contributed by atoms with E-state index in [1.807, 2.05) is 11.8 Å². The Morgan fingerprint density at radius 3 is 2.88 bits per heavy atom. The number of carbonyl (C=O) groups is 1. The number of unbranched alkanes of at least 4 members (excludes halogenated alkanes) is 1. The lowest BCUT2D eigenvalue weighted by Gasteiger charge is -2.03. The van der Waals surface area contributed by atoms with E-state index >= 15 is 0 Å². The lowest BCUT2D eigenvalue weighted by atomic mass is 10.3. The van der Waals surface area contributed by atoms with Gasteiger partial charge in [-0.15, -0.1) is 0 Å². The number of aromatic nitrogens is 1. The standard InChI is InChI=1S/C10H18N4OS2/c1-12-10-14-8(11)7(17-10)9(15)13-5-3-4-6-16-2/h3-6,11H2,1-2H3,(H,12,14)(H,13,15). The quantitative estimate of drug-likeness (QED) is 0.659. The third kappa shape index (κ3) is 4.43. The molecule has 0 saturated carbocycles. The SMILES string of the molecule is CNc1nc(N)c(C(=O)NCCCCSC)s1. The molecule has 0 saturated heterocycles. The van der Waals surface area contributed by atoms with E-state index in [4.69, 9.17) is 5.73 Å². The van der Waals surface area contributed by atoms with Gasteiger partial charge in [0.05, 0.1) is 0 Å². The molecule has 96 valence electrons. The largest absolute Gasteiger partial charge is 0.382 e. The van der Waals surface area contributed by atoms with Crippen LogP contribution in [0.4, 0.5) is 10.9 Å². The number of thioether (sulfide) groups is 1. The highest BCUT2D eigenvalue weighted by atomic mass is 32.2. The molecule has 1 heterocycles. The minimum atomic E-state index is -0.134. The number of hydrogen-bond donors (Lipinski definition) is 3. The van der Waals surface area contributed by atoms with Crippen molar-refractivity contribution in [2.24, 2.45) is 0 Å². The first-order valence-corrected chi connectivity index (χ1v) is 7.61. The van der Waals surface area contributed by atoms with Crippen molar-refractivity contribution < 1.29 is 4.79 Å². The van der Waals surface area contributed by atoms with Gasteiger partial charge in [-0.2, -0.15) is 11.8 Å². The molecule has 1 amide bonds. The second-order valence-corrected chi connectivity index (χ2v) is 5.42. The van der Waals surface area contributed by atoms with Crippen molar-refractivity contribution in [2.45, 2.75) is 12.8 Å². The van der Waals surface area contributed by atoms with Crippen LogP contribution >= 0.6 is 23.1 Å². The molecule has 1 aromatic rings. The molecule has 0 aliphatic rings. The summed E-state index contributed by atoms with van der Waals surface area (Å²) in [5.74, 6) is 1.29. The average Bonchev–Trinajstić information content (AvgIpc) is 2.70. The van der Waals surface area contributed by atoms with Gasteiger partial charge in [0, 0.05) is 13.6 Å². The van der Waals surface area contributed by atoms with Crippen LogP contribution in [0.15, 0.2) is 0 Å². The zero-order chi connectivity index (χ0) is 12.7. The molecule has 0 unspecified atom stereocenters. The number of nitrogens with one attached hydrogen (secondary N) is 2. The van der Waals surface area contributed by atoms with E-state index < -0.39 is 0 Å². The van der Waals surface area contributed by atoms with Gasteiger partial charge in [-0.1, -0.05) is 11.3 Å². The van der Waals surface area contributed by atoms with Crippen LogP contribution in [0, 0.1) is 0 Å². The smallest absolute Gasteiger partial charge is 0.265 e. The summed E-state index contributed by atoms with van der Waals surface area (Å²) in [6, 6.07) is 0. The minimum absolute atomic E-state index is 0.134. The van der Waals surface area contributed by atoms with Crippen LogP contribution in [0.3, 0.4) is 0 Å². The average molecular weight is 274 g/mol. The van der Waals surface area contributed by atoms with Gasteiger partial charge >= 0.3 is 0 Å². The Labute approximate surface area is 110 Å². The van der Waals surface area contributed by atoms with E-state index in [1.165, 1.54) is 11.3 Å². The molecule has 1 rings (SSSR count). The summed E-state index contributed by atoms with van der Waals surface area (Å²) in [5.41, 5.74) is 5.66. The van der Waals surface area contributed by atoms with Crippen molar-refractivity contribution in [1.82, 2.24) is 10.3 Å². The van der Waals surface area contributed by atoms with Gasteiger partial charge in [-0.05, 0) is 24.9 Å². The van der Waals surface area contributed by atoms with E-state index in [2.05, 4.69) is 21.9 Å². The Hall–Kier alpha value is -0.950. The monoisotopic (exact) mass is 274 g/mol. The molecule has 0 atom stereocenters. The number of rotatable bonds is 7. The van der Waals surface area contributed by atoms with E-state index in [0.29, 0.717) is 22.4 Å². The molecule has 17 heavy (non-hydrogen) atoms. The molecular formula is C10H18N4OS2. The van der Waals surface area contributed by atoms with Crippen LogP contribution in [0.5, 0.6) is 0 Å². The van der Waals surface area contributed by atoms with E-state index in [0.717, 1.165) is 18.6 Å². The Morgan fingerprint density at radius 2 is 2.29 bits per heavy atom. The predicted octanol–water partition coefficient (Wildman–Crippen LogP) is 1.64. The summed E-state index contributed by atoms with van der Waals surface area (Å²) in [5, 5.41) is 6.38. The van der Waals surface area contributed by atoms with E-state index in [-0.39, 0.29) is 5.91 Å². The maximum atomic E-state index is 11.8. The van der Waals surface area contributed by atoms with Crippen LogP contribution in [0.25, 0.3) is 0 Å². The van der Waals surface area contributed by atoms with Crippen molar-refractivity contribution >= 4 is 40.0 Å². The van der Waals surface area contributed by atoms with Crippen LogP contribution in [0.2, 0.25) is 0 Å². The lowest BCUT2D eigenvalue weighted by Crippen LogP contribution is -2.24. The topological polar surface area (TPSA) is 80.0 Å². The molecule has 0 fully saturated rings. The normalized spacial score (nSPS) is 10.2. The highest BCUT2D eigenvalue weighted by Crippen LogP contribution is 2.24. The van der Waals surface area contributed by atoms with Crippen molar-refractivity contribution in [3.05, 3.63) is 4.88 Å². The zero-order valence-corrected chi connectivity index (χ0v) is 11.7. The van der Waals surface area contributed by atoms with Crippen LogP contribution in [-0.2, 0) is 0 Å². The van der Waals surface area contributed by atoms with Crippen molar-refractivity contribution in [2.75, 3.05) is 36.7 Å². The molecule has 0 aliphatic heterocycles. The first kappa shape index (κ1) is 14.1. The number of nitrogen functional groups attached to an aromatic ring is 1. The van der Waals surface area contributed by atoms with Crippen molar-refractivity contribution in [3.8, 4) is 0 Å². The van der Waals surface area contributed by atoms with Gasteiger partial charge in [0.25, 0.3) is 5.91 Å². The highest BCUT2D eigenvalue weighted by Gasteiger charge is 2.14. The number of hydrogen-bond acceptors (Lipinski definition) is 6. The number of nitrogens with two attached hydrogens (primary N) is 1. The first-order chi connectivity index (χ1) is 8.19. The van der Waals surface area contributed by atoms with Gasteiger partial charge in [0.15, 0.2) is 5.13 Å². The van der Waals surface area contributed by atoms with Gasteiger partial charge in [0.2, 0.25) is 0 Å². The minimum Gasteiger partial charge on any atom is -0.382 e. The Morgan fingerprint density at radius 1 is 1.53 bits per heavy atom. The van der Waals surface area contributed by atoms with Gasteiger partial charge in [0.1, 0.15) is 10.7 Å². The second kappa shape index (κ2) is 7.39. The first-order valence-electron chi connectivity index (χ1n) is 5.40. The molecule has 5 nitrogen and oxygen atoms in total. The molecule has 0 radical (unpaired) electrons.